The smallest absolute Gasteiger partial charge is 0.254 e. The number of rotatable bonds is 6. The maximum Gasteiger partial charge on any atom is 0.254 e. The summed E-state index contributed by atoms with van der Waals surface area (Å²) in [6.07, 6.45) is 1.16. The Labute approximate surface area is 116 Å². The van der Waals surface area contributed by atoms with Crippen molar-refractivity contribution in [3.63, 3.8) is 0 Å². The van der Waals surface area contributed by atoms with E-state index in [1.807, 2.05) is 6.07 Å². The highest BCUT2D eigenvalue weighted by atomic mass is 16.5. The van der Waals surface area contributed by atoms with Crippen LogP contribution in [0, 0.1) is 22.7 Å². The fourth-order valence-corrected chi connectivity index (χ4v) is 1.28. The van der Waals surface area contributed by atoms with Crippen LogP contribution in [-0.2, 0) is 4.79 Å². The van der Waals surface area contributed by atoms with Crippen LogP contribution in [0.25, 0.3) is 0 Å². The van der Waals surface area contributed by atoms with Gasteiger partial charge < -0.3 is 9.47 Å². The van der Waals surface area contributed by atoms with E-state index >= 15 is 0 Å². The molecule has 0 aliphatic heterocycles. The maximum absolute atomic E-state index is 11.0. The normalized spacial score (nSPS) is 9.55. The minimum atomic E-state index is -0.482. The second kappa shape index (κ2) is 8.11. The van der Waals surface area contributed by atoms with Crippen LogP contribution in [0.15, 0.2) is 23.3 Å². The number of hydrogen-bond donors (Lipinski definition) is 1. The van der Waals surface area contributed by atoms with Crippen molar-refractivity contribution in [2.45, 2.75) is 6.42 Å². The lowest BCUT2D eigenvalue weighted by Gasteiger charge is -2.08. The molecule has 0 unspecified atom stereocenters. The van der Waals surface area contributed by atoms with Gasteiger partial charge in [-0.2, -0.15) is 15.6 Å². The van der Waals surface area contributed by atoms with Crippen LogP contribution in [-0.4, -0.2) is 25.8 Å². The number of methoxy groups -OCH3 is 1. The van der Waals surface area contributed by atoms with Crippen LogP contribution < -0.4 is 14.9 Å². The van der Waals surface area contributed by atoms with Crippen molar-refractivity contribution in [1.82, 2.24) is 5.43 Å². The van der Waals surface area contributed by atoms with Crippen LogP contribution in [0.1, 0.15) is 12.0 Å². The van der Waals surface area contributed by atoms with Gasteiger partial charge in [-0.3, -0.25) is 4.79 Å². The zero-order valence-corrected chi connectivity index (χ0v) is 10.8. The first-order chi connectivity index (χ1) is 9.71. The SMILES string of the molecule is COc1cc(C=NNC(=O)CC#N)ccc1OCC#N. The molecule has 7 nitrogen and oxygen atoms in total. The minimum absolute atomic E-state index is 0.0754. The van der Waals surface area contributed by atoms with Gasteiger partial charge >= 0.3 is 0 Å². The second-order valence-electron chi connectivity index (χ2n) is 3.49. The number of ether oxygens (including phenoxy) is 2. The molecule has 0 radical (unpaired) electrons. The highest BCUT2D eigenvalue weighted by Crippen LogP contribution is 2.27. The van der Waals surface area contributed by atoms with Crippen molar-refractivity contribution < 1.29 is 14.3 Å². The zero-order chi connectivity index (χ0) is 14.8. The summed E-state index contributed by atoms with van der Waals surface area (Å²) in [5.74, 6) is 0.414. The Morgan fingerprint density at radius 2 is 2.20 bits per heavy atom. The predicted molar refractivity (Wildman–Crippen MR) is 70.1 cm³/mol. The maximum atomic E-state index is 11.0. The molecule has 7 heteroatoms. The Morgan fingerprint density at radius 1 is 1.40 bits per heavy atom. The van der Waals surface area contributed by atoms with Crippen molar-refractivity contribution in [2.24, 2.45) is 5.10 Å². The first-order valence-corrected chi connectivity index (χ1v) is 5.58. The summed E-state index contributed by atoms with van der Waals surface area (Å²) < 4.78 is 10.3. The van der Waals surface area contributed by atoms with E-state index < -0.39 is 5.91 Å². The number of amides is 1. The molecule has 0 aromatic heterocycles. The van der Waals surface area contributed by atoms with Gasteiger partial charge in [0.15, 0.2) is 18.1 Å². The molecule has 0 atom stereocenters. The number of benzene rings is 1. The van der Waals surface area contributed by atoms with Gasteiger partial charge in [-0.1, -0.05) is 0 Å². The Bertz CT molecular complexity index is 584. The third-order valence-corrected chi connectivity index (χ3v) is 2.12. The molecule has 0 bridgehead atoms. The average molecular weight is 272 g/mol. The van der Waals surface area contributed by atoms with E-state index in [9.17, 15) is 4.79 Å². The first kappa shape index (κ1) is 15.0. The van der Waals surface area contributed by atoms with Crippen LogP contribution >= 0.6 is 0 Å². The lowest BCUT2D eigenvalue weighted by atomic mass is 10.2. The first-order valence-electron chi connectivity index (χ1n) is 5.58. The summed E-state index contributed by atoms with van der Waals surface area (Å²) in [6.45, 7) is -0.0754. The molecule has 1 aromatic rings. The third-order valence-electron chi connectivity index (χ3n) is 2.12. The van der Waals surface area contributed by atoms with Crippen molar-refractivity contribution in [3.05, 3.63) is 23.8 Å². The third kappa shape index (κ3) is 4.67. The molecule has 0 saturated carbocycles. The van der Waals surface area contributed by atoms with E-state index in [0.717, 1.165) is 0 Å². The lowest BCUT2D eigenvalue weighted by molar-refractivity contribution is -0.120. The molecule has 0 aliphatic carbocycles. The highest BCUT2D eigenvalue weighted by molar-refractivity contribution is 5.83. The van der Waals surface area contributed by atoms with Crippen molar-refractivity contribution >= 4 is 12.1 Å². The van der Waals surface area contributed by atoms with E-state index in [-0.39, 0.29) is 13.0 Å². The van der Waals surface area contributed by atoms with Gasteiger partial charge in [0.1, 0.15) is 12.5 Å². The number of nitrogens with one attached hydrogen (secondary N) is 1. The number of nitriles is 2. The monoisotopic (exact) mass is 272 g/mol. The van der Waals surface area contributed by atoms with Gasteiger partial charge in [-0.15, -0.1) is 0 Å². The molecule has 0 heterocycles. The summed E-state index contributed by atoms with van der Waals surface area (Å²) in [5.41, 5.74) is 2.88. The summed E-state index contributed by atoms with van der Waals surface area (Å²) in [5, 5.41) is 20.5. The van der Waals surface area contributed by atoms with Gasteiger partial charge in [0, 0.05) is 0 Å². The number of hydrazone groups is 1. The summed E-state index contributed by atoms with van der Waals surface area (Å²) in [6, 6.07) is 8.54. The standard InChI is InChI=1S/C13H12N4O3/c1-19-12-8-10(2-3-11(12)20-7-6-15)9-16-17-13(18)4-5-14/h2-3,8-9H,4,7H2,1H3,(H,17,18). The molecule has 1 amide bonds. The van der Waals surface area contributed by atoms with E-state index in [0.29, 0.717) is 17.1 Å². The molecule has 0 aliphatic rings. The Kier molecular flexibility index (Phi) is 6.09. The van der Waals surface area contributed by atoms with E-state index in [1.165, 1.54) is 13.3 Å². The van der Waals surface area contributed by atoms with Crippen molar-refractivity contribution in [3.8, 4) is 23.6 Å². The summed E-state index contributed by atoms with van der Waals surface area (Å²) in [4.78, 5) is 11.0. The van der Waals surface area contributed by atoms with Gasteiger partial charge in [-0.25, -0.2) is 5.43 Å². The Balaban J connectivity index is 2.73. The number of nitrogens with zero attached hydrogens (tertiary/aromatic N) is 3. The molecule has 0 fully saturated rings. The fraction of sp³-hybridized carbons (Fsp3) is 0.231. The summed E-state index contributed by atoms with van der Waals surface area (Å²) >= 11 is 0. The quantitative estimate of drug-likeness (QED) is 0.613. The Hall–Kier alpha value is -3.06. The lowest BCUT2D eigenvalue weighted by Crippen LogP contribution is -2.16. The molecule has 1 aromatic carbocycles. The average Bonchev–Trinajstić information content (AvgIpc) is 2.46. The van der Waals surface area contributed by atoms with Gasteiger partial charge in [-0.05, 0) is 23.8 Å². The minimum Gasteiger partial charge on any atom is -0.493 e. The molecule has 1 rings (SSSR count). The highest BCUT2D eigenvalue weighted by Gasteiger charge is 2.04. The van der Waals surface area contributed by atoms with Crippen molar-refractivity contribution in [1.29, 1.82) is 10.5 Å². The van der Waals surface area contributed by atoms with Crippen LogP contribution in [0.4, 0.5) is 0 Å². The molecule has 20 heavy (non-hydrogen) atoms. The van der Waals surface area contributed by atoms with Crippen molar-refractivity contribution in [2.75, 3.05) is 13.7 Å². The van der Waals surface area contributed by atoms with Gasteiger partial charge in [0.25, 0.3) is 5.91 Å². The van der Waals surface area contributed by atoms with E-state index in [4.69, 9.17) is 20.0 Å². The molecular formula is C13H12N4O3. The molecule has 0 spiro atoms. The zero-order valence-electron chi connectivity index (χ0n) is 10.8. The predicted octanol–water partition coefficient (Wildman–Crippen LogP) is 0.961. The molecule has 1 N–H and O–H groups in total. The van der Waals surface area contributed by atoms with Gasteiger partial charge in [0.2, 0.25) is 0 Å². The molecule has 0 saturated heterocycles. The summed E-state index contributed by atoms with van der Waals surface area (Å²) in [7, 11) is 1.48. The largest absolute Gasteiger partial charge is 0.493 e. The fourth-order valence-electron chi connectivity index (χ4n) is 1.28. The molecular weight excluding hydrogens is 260 g/mol. The van der Waals surface area contributed by atoms with Crippen LogP contribution in [0.2, 0.25) is 0 Å². The Morgan fingerprint density at radius 3 is 2.85 bits per heavy atom. The second-order valence-corrected chi connectivity index (χ2v) is 3.49. The number of hydrogen-bond acceptors (Lipinski definition) is 6. The van der Waals surface area contributed by atoms with E-state index in [1.54, 1.807) is 24.3 Å². The number of carbonyl (C=O) groups excluding carboxylic acids is 1. The topological polar surface area (TPSA) is 108 Å². The van der Waals surface area contributed by atoms with Crippen LogP contribution in [0.3, 0.4) is 0 Å². The number of carbonyl (C=O) groups is 1. The van der Waals surface area contributed by atoms with Crippen LogP contribution in [0.5, 0.6) is 11.5 Å². The van der Waals surface area contributed by atoms with E-state index in [2.05, 4.69) is 10.5 Å². The molecule has 102 valence electrons. The van der Waals surface area contributed by atoms with Gasteiger partial charge in [0.05, 0.1) is 19.4 Å².